The molecule has 2 rings (SSSR count). The summed E-state index contributed by atoms with van der Waals surface area (Å²) >= 11 is 0. The number of rotatable bonds is 6. The molecule has 1 heterocycles. The first kappa shape index (κ1) is 13.5. The molecule has 0 saturated carbocycles. The van der Waals surface area contributed by atoms with Gasteiger partial charge in [0.1, 0.15) is 17.9 Å². The minimum Gasteiger partial charge on any atom is -0.494 e. The van der Waals surface area contributed by atoms with E-state index in [-0.39, 0.29) is 6.04 Å². The lowest BCUT2D eigenvalue weighted by molar-refractivity contribution is 0.339. The summed E-state index contributed by atoms with van der Waals surface area (Å²) in [5, 5.41) is 11.4. The fraction of sp³-hybridized carbons (Fsp3) is 0.429. The number of benzene rings is 1. The van der Waals surface area contributed by atoms with E-state index >= 15 is 0 Å². The van der Waals surface area contributed by atoms with Crippen molar-refractivity contribution in [3.8, 4) is 5.75 Å². The predicted octanol–water partition coefficient (Wildman–Crippen LogP) is 2.06. The van der Waals surface area contributed by atoms with Crippen molar-refractivity contribution in [1.29, 1.82) is 0 Å². The van der Waals surface area contributed by atoms with Gasteiger partial charge in [0.15, 0.2) is 0 Å². The molecule has 0 aliphatic heterocycles. The molecule has 0 aliphatic rings. The summed E-state index contributed by atoms with van der Waals surface area (Å²) < 4.78 is 7.42. The molecule has 0 aliphatic carbocycles. The van der Waals surface area contributed by atoms with Gasteiger partial charge in [0.05, 0.1) is 12.6 Å². The second-order valence-electron chi connectivity index (χ2n) is 4.48. The van der Waals surface area contributed by atoms with E-state index in [9.17, 15) is 0 Å². The van der Waals surface area contributed by atoms with E-state index in [0.717, 1.165) is 18.1 Å². The van der Waals surface area contributed by atoms with Crippen LogP contribution in [0.1, 0.15) is 31.3 Å². The van der Waals surface area contributed by atoms with Gasteiger partial charge >= 0.3 is 0 Å². The van der Waals surface area contributed by atoms with E-state index in [0.29, 0.717) is 6.61 Å². The van der Waals surface area contributed by atoms with Crippen molar-refractivity contribution in [1.82, 2.24) is 20.1 Å². The fourth-order valence-electron chi connectivity index (χ4n) is 1.96. The van der Waals surface area contributed by atoms with Crippen molar-refractivity contribution in [3.05, 3.63) is 42.0 Å². The normalized spacial score (nSPS) is 12.4. The fourth-order valence-corrected chi connectivity index (χ4v) is 1.96. The Morgan fingerprint density at radius 2 is 2.26 bits per heavy atom. The minimum absolute atomic E-state index is 0.156. The third-order valence-electron chi connectivity index (χ3n) is 2.96. The first-order valence-corrected chi connectivity index (χ1v) is 6.49. The largest absolute Gasteiger partial charge is 0.494 e. The SMILES string of the molecule is CCOc1cccc(CNC(C)c2nncn2C)c1. The molecule has 0 saturated heterocycles. The van der Waals surface area contributed by atoms with Gasteiger partial charge in [-0.1, -0.05) is 12.1 Å². The highest BCUT2D eigenvalue weighted by atomic mass is 16.5. The van der Waals surface area contributed by atoms with Gasteiger partial charge in [0.2, 0.25) is 0 Å². The molecular weight excluding hydrogens is 240 g/mol. The Morgan fingerprint density at radius 1 is 1.42 bits per heavy atom. The third-order valence-corrected chi connectivity index (χ3v) is 2.96. The van der Waals surface area contributed by atoms with Crippen LogP contribution in [0, 0.1) is 0 Å². The number of aromatic nitrogens is 3. The van der Waals surface area contributed by atoms with Gasteiger partial charge in [-0.2, -0.15) is 0 Å². The van der Waals surface area contributed by atoms with Crippen LogP contribution in [0.5, 0.6) is 5.75 Å². The molecule has 1 aromatic carbocycles. The summed E-state index contributed by atoms with van der Waals surface area (Å²) in [7, 11) is 1.95. The second-order valence-corrected chi connectivity index (χ2v) is 4.48. The number of aryl methyl sites for hydroxylation is 1. The second kappa shape index (κ2) is 6.33. The summed E-state index contributed by atoms with van der Waals surface area (Å²) in [6.07, 6.45) is 1.71. The molecule has 1 atom stereocenters. The Balaban J connectivity index is 1.95. The Kier molecular flexibility index (Phi) is 4.52. The molecule has 19 heavy (non-hydrogen) atoms. The average Bonchev–Trinajstić information content (AvgIpc) is 2.83. The quantitative estimate of drug-likeness (QED) is 0.864. The van der Waals surface area contributed by atoms with Gasteiger partial charge in [-0.15, -0.1) is 10.2 Å². The molecule has 1 N–H and O–H groups in total. The standard InChI is InChI=1S/C14H20N4O/c1-4-19-13-7-5-6-12(8-13)9-15-11(2)14-17-16-10-18(14)3/h5-8,10-11,15H,4,9H2,1-3H3. The van der Waals surface area contributed by atoms with Gasteiger partial charge in [-0.3, -0.25) is 0 Å². The van der Waals surface area contributed by atoms with E-state index in [1.807, 2.05) is 30.7 Å². The number of nitrogens with zero attached hydrogens (tertiary/aromatic N) is 3. The Bertz CT molecular complexity index is 524. The monoisotopic (exact) mass is 260 g/mol. The van der Waals surface area contributed by atoms with Crippen molar-refractivity contribution in [2.75, 3.05) is 6.61 Å². The number of hydrogen-bond acceptors (Lipinski definition) is 4. The van der Waals surface area contributed by atoms with Crippen LogP contribution in [0.25, 0.3) is 0 Å². The predicted molar refractivity (Wildman–Crippen MR) is 73.9 cm³/mol. The van der Waals surface area contributed by atoms with E-state index in [1.165, 1.54) is 5.56 Å². The average molecular weight is 260 g/mol. The first-order valence-electron chi connectivity index (χ1n) is 6.49. The van der Waals surface area contributed by atoms with E-state index in [1.54, 1.807) is 6.33 Å². The molecule has 2 aromatic rings. The topological polar surface area (TPSA) is 52.0 Å². The van der Waals surface area contributed by atoms with Gasteiger partial charge in [-0.05, 0) is 31.5 Å². The number of hydrogen-bond donors (Lipinski definition) is 1. The molecular formula is C14H20N4O. The first-order chi connectivity index (χ1) is 9.20. The Morgan fingerprint density at radius 3 is 2.95 bits per heavy atom. The summed E-state index contributed by atoms with van der Waals surface area (Å²) in [5.41, 5.74) is 1.19. The lowest BCUT2D eigenvalue weighted by Crippen LogP contribution is -2.21. The number of ether oxygens (including phenoxy) is 1. The molecule has 1 aromatic heterocycles. The smallest absolute Gasteiger partial charge is 0.149 e. The van der Waals surface area contributed by atoms with Gasteiger partial charge in [0.25, 0.3) is 0 Å². The van der Waals surface area contributed by atoms with Crippen LogP contribution in [0.2, 0.25) is 0 Å². The van der Waals surface area contributed by atoms with Crippen LogP contribution in [0.3, 0.4) is 0 Å². The van der Waals surface area contributed by atoms with Crippen LogP contribution >= 0.6 is 0 Å². The van der Waals surface area contributed by atoms with E-state index < -0.39 is 0 Å². The Hall–Kier alpha value is -1.88. The molecule has 102 valence electrons. The van der Waals surface area contributed by atoms with Crippen molar-refractivity contribution < 1.29 is 4.74 Å². The molecule has 0 radical (unpaired) electrons. The highest BCUT2D eigenvalue weighted by Gasteiger charge is 2.10. The summed E-state index contributed by atoms with van der Waals surface area (Å²) in [4.78, 5) is 0. The Labute approximate surface area is 113 Å². The summed E-state index contributed by atoms with van der Waals surface area (Å²) in [6.45, 7) is 5.53. The molecule has 0 bridgehead atoms. The van der Waals surface area contributed by atoms with Gasteiger partial charge in [-0.25, -0.2) is 0 Å². The summed E-state index contributed by atoms with van der Waals surface area (Å²) in [5.74, 6) is 1.84. The van der Waals surface area contributed by atoms with Crippen molar-refractivity contribution >= 4 is 0 Å². The maximum Gasteiger partial charge on any atom is 0.149 e. The molecule has 0 amide bonds. The maximum absolute atomic E-state index is 5.49. The number of nitrogens with one attached hydrogen (secondary N) is 1. The maximum atomic E-state index is 5.49. The minimum atomic E-state index is 0.156. The molecule has 0 spiro atoms. The van der Waals surface area contributed by atoms with Crippen LogP contribution in [-0.2, 0) is 13.6 Å². The lowest BCUT2D eigenvalue weighted by atomic mass is 10.2. The zero-order valence-electron chi connectivity index (χ0n) is 11.6. The summed E-state index contributed by atoms with van der Waals surface area (Å²) in [6, 6.07) is 8.27. The van der Waals surface area contributed by atoms with Crippen LogP contribution in [0.15, 0.2) is 30.6 Å². The van der Waals surface area contributed by atoms with Crippen LogP contribution in [0.4, 0.5) is 0 Å². The van der Waals surface area contributed by atoms with Crippen LogP contribution < -0.4 is 10.1 Å². The molecule has 5 heteroatoms. The molecule has 0 fully saturated rings. The van der Waals surface area contributed by atoms with Gasteiger partial charge in [0, 0.05) is 13.6 Å². The van der Waals surface area contributed by atoms with Crippen molar-refractivity contribution in [3.63, 3.8) is 0 Å². The third kappa shape index (κ3) is 3.54. The van der Waals surface area contributed by atoms with Gasteiger partial charge < -0.3 is 14.6 Å². The zero-order valence-corrected chi connectivity index (χ0v) is 11.6. The highest BCUT2D eigenvalue weighted by molar-refractivity contribution is 5.28. The van der Waals surface area contributed by atoms with E-state index in [4.69, 9.17) is 4.74 Å². The zero-order chi connectivity index (χ0) is 13.7. The van der Waals surface area contributed by atoms with Crippen molar-refractivity contribution in [2.24, 2.45) is 7.05 Å². The lowest BCUT2D eigenvalue weighted by Gasteiger charge is -2.13. The van der Waals surface area contributed by atoms with Crippen molar-refractivity contribution in [2.45, 2.75) is 26.4 Å². The molecule has 1 unspecified atom stereocenters. The van der Waals surface area contributed by atoms with Crippen LogP contribution in [-0.4, -0.2) is 21.4 Å². The molecule has 5 nitrogen and oxygen atoms in total. The highest BCUT2D eigenvalue weighted by Crippen LogP contribution is 2.14. The van der Waals surface area contributed by atoms with E-state index in [2.05, 4.69) is 34.6 Å².